The number of hydrogen-bond acceptors (Lipinski definition) is 6. The van der Waals surface area contributed by atoms with Crippen LogP contribution in [-0.2, 0) is 0 Å². The lowest BCUT2D eigenvalue weighted by molar-refractivity contribution is 1.53. The van der Waals surface area contributed by atoms with Crippen LogP contribution in [0.4, 0.5) is 0 Å². The summed E-state index contributed by atoms with van der Waals surface area (Å²) in [5.74, 6) is 7.41. The van der Waals surface area contributed by atoms with E-state index in [1.165, 1.54) is 34.5 Å². The lowest BCUT2D eigenvalue weighted by Gasteiger charge is -1.86. The van der Waals surface area contributed by atoms with E-state index in [0.29, 0.717) is 0 Å². The molecule has 0 aliphatic rings. The quantitative estimate of drug-likeness (QED) is 0.292. The van der Waals surface area contributed by atoms with Crippen LogP contribution in [0.2, 0.25) is 0 Å². The van der Waals surface area contributed by atoms with Crippen LogP contribution in [0, 0.1) is 0 Å². The molecule has 0 nitrogen and oxygen atoms in total. The first-order valence-electron chi connectivity index (χ1n) is 6.47. The number of rotatable bonds is 9. The van der Waals surface area contributed by atoms with Gasteiger partial charge in [0.05, 0.1) is 0 Å². The monoisotopic (exact) mass is 382 g/mol. The lowest BCUT2D eigenvalue weighted by atomic mass is 11.0. The van der Waals surface area contributed by atoms with Gasteiger partial charge in [-0.15, -0.1) is 0 Å². The zero-order valence-electron chi connectivity index (χ0n) is 12.7. The molecule has 0 rings (SSSR count). The third-order valence-electron chi connectivity index (χ3n) is 0.957. The molecular weight excluding hydrogens is 349 g/mol. The lowest BCUT2D eigenvalue weighted by Crippen LogP contribution is -1.59. The Morgan fingerprint density at radius 1 is 0.368 bits per heavy atom. The Kier molecular flexibility index (Phi) is 56.6. The van der Waals surface area contributed by atoms with Gasteiger partial charge in [0.1, 0.15) is 0 Å². The summed E-state index contributed by atoms with van der Waals surface area (Å²) in [4.78, 5) is 0. The van der Waals surface area contributed by atoms with Crippen molar-refractivity contribution in [1.29, 1.82) is 0 Å². The molecule has 0 heterocycles. The largest absolute Gasteiger partial charge is 0.0945 e. The zero-order chi connectivity index (χ0) is 14.5. The van der Waals surface area contributed by atoms with E-state index in [1.54, 1.807) is 0 Å². The van der Waals surface area contributed by atoms with Crippen LogP contribution < -0.4 is 0 Å². The highest BCUT2D eigenvalue weighted by Gasteiger charge is 1.76. The molecule has 0 aliphatic heterocycles. The molecule has 0 spiro atoms. The van der Waals surface area contributed by atoms with Gasteiger partial charge in [0.2, 0.25) is 0 Å². The van der Waals surface area contributed by atoms with Gasteiger partial charge in [-0.2, -0.15) is 0 Å². The van der Waals surface area contributed by atoms with Crippen molar-refractivity contribution in [3.8, 4) is 0 Å². The van der Waals surface area contributed by atoms with Crippen LogP contribution in [0.25, 0.3) is 0 Å². The van der Waals surface area contributed by atoms with Crippen molar-refractivity contribution in [2.45, 2.75) is 49.0 Å². The average molecular weight is 383 g/mol. The summed E-state index contributed by atoms with van der Waals surface area (Å²) in [7, 11) is 11.5. The number of hydrogen-bond donors (Lipinski definition) is 0. The van der Waals surface area contributed by atoms with Crippen molar-refractivity contribution >= 4 is 64.8 Å². The summed E-state index contributed by atoms with van der Waals surface area (Å²) < 4.78 is 0. The highest BCUT2D eigenvalue weighted by Crippen LogP contribution is 2.19. The van der Waals surface area contributed by atoms with Crippen molar-refractivity contribution < 1.29 is 0 Å². The molecule has 0 aromatic rings. The molecule has 0 aromatic heterocycles. The van der Waals surface area contributed by atoms with E-state index in [1.807, 2.05) is 64.8 Å². The normalized spacial score (nSPS) is 8.53. The van der Waals surface area contributed by atoms with Crippen LogP contribution in [0.1, 0.15) is 49.0 Å². The molecule has 0 aliphatic carbocycles. The molecule has 0 radical (unpaired) electrons. The first-order valence-corrected chi connectivity index (χ1v) is 13.9. The van der Waals surface area contributed by atoms with E-state index in [4.69, 9.17) is 0 Å². The molecule has 0 fully saturated rings. The Morgan fingerprint density at radius 3 is 0.526 bits per heavy atom. The molecule has 0 saturated heterocycles. The highest BCUT2D eigenvalue weighted by atomic mass is 33.1. The van der Waals surface area contributed by atoms with Crippen molar-refractivity contribution in [3.05, 3.63) is 0 Å². The first-order chi connectivity index (χ1) is 8.74. The smallest absolute Gasteiger partial charge is 0.000844 e. The maximum atomic E-state index is 2.17. The van der Waals surface area contributed by atoms with Gasteiger partial charge < -0.3 is 0 Å². The Labute approximate surface area is 147 Å². The zero-order valence-corrected chi connectivity index (χ0v) is 17.6. The topological polar surface area (TPSA) is 0 Å². The fourth-order valence-corrected chi connectivity index (χ4v) is 4.50. The van der Waals surface area contributed by atoms with Crippen LogP contribution in [0.15, 0.2) is 0 Å². The average Bonchev–Trinajstić information content (AvgIpc) is 2.42. The standard InChI is InChI=1S/3C4H10S2.CH4/c3*1-3-5-6-4-2;/h3*3-4H2,1-2H3;1H4. The molecule has 0 bridgehead atoms. The summed E-state index contributed by atoms with van der Waals surface area (Å²) >= 11 is 0. The van der Waals surface area contributed by atoms with Crippen LogP contribution in [0.5, 0.6) is 0 Å². The SMILES string of the molecule is C.CCSSCC.CCSSCC.CCSSCC. The Morgan fingerprint density at radius 2 is 0.474 bits per heavy atom. The summed E-state index contributed by atoms with van der Waals surface area (Å²) in [6, 6.07) is 0. The van der Waals surface area contributed by atoms with Gasteiger partial charge in [0.25, 0.3) is 0 Å². The minimum absolute atomic E-state index is 0. The summed E-state index contributed by atoms with van der Waals surface area (Å²) in [5.41, 5.74) is 0. The molecule has 19 heavy (non-hydrogen) atoms. The second-order valence-corrected chi connectivity index (χ2v) is 11.6. The van der Waals surface area contributed by atoms with Crippen LogP contribution in [0.3, 0.4) is 0 Å². The minimum Gasteiger partial charge on any atom is -0.0945 e. The van der Waals surface area contributed by atoms with Crippen LogP contribution in [-0.4, -0.2) is 34.5 Å². The molecule has 0 saturated carbocycles. The van der Waals surface area contributed by atoms with Crippen molar-refractivity contribution in [3.63, 3.8) is 0 Å². The summed E-state index contributed by atoms with van der Waals surface area (Å²) in [6.07, 6.45) is 0. The molecule has 0 atom stereocenters. The van der Waals surface area contributed by atoms with E-state index in [0.717, 1.165) is 0 Å². The predicted octanol–water partition coefficient (Wildman–Crippen LogP) is 7.86. The van der Waals surface area contributed by atoms with E-state index < -0.39 is 0 Å². The van der Waals surface area contributed by atoms with Gasteiger partial charge in [0, 0.05) is 34.5 Å². The van der Waals surface area contributed by atoms with E-state index in [-0.39, 0.29) is 7.43 Å². The molecule has 0 aromatic carbocycles. The first kappa shape index (κ1) is 29.2. The molecular formula is C13H34S6. The van der Waals surface area contributed by atoms with E-state index >= 15 is 0 Å². The molecule has 0 amide bonds. The second kappa shape index (κ2) is 36.9. The highest BCUT2D eigenvalue weighted by molar-refractivity contribution is 8.77. The predicted molar refractivity (Wildman–Crippen MR) is 116 cm³/mol. The van der Waals surface area contributed by atoms with E-state index in [9.17, 15) is 0 Å². The van der Waals surface area contributed by atoms with E-state index in [2.05, 4.69) is 41.5 Å². The van der Waals surface area contributed by atoms with Gasteiger partial charge in [-0.05, 0) is 0 Å². The summed E-state index contributed by atoms with van der Waals surface area (Å²) in [6.45, 7) is 13.0. The van der Waals surface area contributed by atoms with Crippen molar-refractivity contribution in [2.24, 2.45) is 0 Å². The fourth-order valence-electron chi connectivity index (χ4n) is 0.500. The van der Waals surface area contributed by atoms with Gasteiger partial charge in [-0.3, -0.25) is 0 Å². The minimum atomic E-state index is 0. The summed E-state index contributed by atoms with van der Waals surface area (Å²) in [5, 5.41) is 0. The maximum Gasteiger partial charge on any atom is 0.000844 e. The molecule has 0 unspecified atom stereocenters. The third kappa shape index (κ3) is 53.4. The Bertz CT molecular complexity index is 72.1. The van der Waals surface area contributed by atoms with Gasteiger partial charge in [-0.25, -0.2) is 0 Å². The maximum absolute atomic E-state index is 2.17. The molecule has 6 heteroatoms. The van der Waals surface area contributed by atoms with Gasteiger partial charge >= 0.3 is 0 Å². The fraction of sp³-hybridized carbons (Fsp3) is 1.00. The van der Waals surface area contributed by atoms with Crippen molar-refractivity contribution in [1.82, 2.24) is 0 Å². The van der Waals surface area contributed by atoms with Gasteiger partial charge in [-0.1, -0.05) is 114 Å². The van der Waals surface area contributed by atoms with Crippen molar-refractivity contribution in [2.75, 3.05) is 34.5 Å². The molecule has 0 N–H and O–H groups in total. The third-order valence-corrected chi connectivity index (χ3v) is 8.61. The van der Waals surface area contributed by atoms with Crippen LogP contribution >= 0.6 is 64.8 Å². The molecule has 122 valence electrons. The Balaban J connectivity index is -0.0000000865. The Hall–Kier alpha value is 2.10. The van der Waals surface area contributed by atoms with Gasteiger partial charge in [0.15, 0.2) is 0 Å². The second-order valence-electron chi connectivity index (χ2n) is 2.44.